The highest BCUT2D eigenvalue weighted by molar-refractivity contribution is 6.35. The molecule has 3 aromatic rings. The van der Waals surface area contributed by atoms with Gasteiger partial charge in [0.2, 0.25) is 5.89 Å². The molecule has 0 atom stereocenters. The van der Waals surface area contributed by atoms with Crippen LogP contribution >= 0.6 is 23.2 Å². The van der Waals surface area contributed by atoms with Gasteiger partial charge in [0.15, 0.2) is 5.58 Å². The van der Waals surface area contributed by atoms with Crippen LogP contribution in [0.5, 0.6) is 0 Å². The van der Waals surface area contributed by atoms with Crippen molar-refractivity contribution in [3.8, 4) is 11.5 Å². The summed E-state index contributed by atoms with van der Waals surface area (Å²) in [6, 6.07) is 11.4. The van der Waals surface area contributed by atoms with Gasteiger partial charge in [0.05, 0.1) is 0 Å². The minimum atomic E-state index is 0.452. The van der Waals surface area contributed by atoms with Crippen LogP contribution in [0, 0.1) is 0 Å². The van der Waals surface area contributed by atoms with E-state index in [2.05, 4.69) is 24.9 Å². The van der Waals surface area contributed by atoms with Gasteiger partial charge in [0, 0.05) is 15.6 Å². The van der Waals surface area contributed by atoms with Gasteiger partial charge in [-0.25, -0.2) is 4.98 Å². The number of rotatable bonds is 2. The Bertz CT molecular complexity index is 758. The van der Waals surface area contributed by atoms with Crippen LogP contribution in [0.15, 0.2) is 40.8 Å². The van der Waals surface area contributed by atoms with Gasteiger partial charge < -0.3 is 4.42 Å². The third-order valence-corrected chi connectivity index (χ3v) is 3.63. The predicted molar refractivity (Wildman–Crippen MR) is 94.9 cm³/mol. The normalized spacial score (nSPS) is 10.7. The first-order chi connectivity index (χ1) is 10.5. The van der Waals surface area contributed by atoms with Crippen LogP contribution in [0.25, 0.3) is 22.6 Å². The number of oxazole rings is 1. The maximum absolute atomic E-state index is 6.01. The van der Waals surface area contributed by atoms with Gasteiger partial charge in [-0.2, -0.15) is 0 Å². The van der Waals surface area contributed by atoms with E-state index in [0.717, 1.165) is 16.7 Å². The number of halogens is 2. The Hall–Kier alpha value is -1.51. The zero-order chi connectivity index (χ0) is 16.3. The first-order valence-electron chi connectivity index (χ1n) is 7.40. The quantitative estimate of drug-likeness (QED) is 0.506. The third kappa shape index (κ3) is 3.63. The van der Waals surface area contributed by atoms with Gasteiger partial charge in [0.25, 0.3) is 0 Å². The number of hydrogen-bond donors (Lipinski definition) is 0. The molecular formula is C18H19Cl2NO. The molecule has 1 aromatic heterocycles. The molecule has 2 aromatic carbocycles. The molecule has 0 N–H and O–H groups in total. The summed E-state index contributed by atoms with van der Waals surface area (Å²) in [6.45, 7) is 8.30. The third-order valence-electron chi connectivity index (χ3n) is 3.19. The summed E-state index contributed by atoms with van der Waals surface area (Å²) in [4.78, 5) is 4.48. The molecule has 0 saturated heterocycles. The first-order valence-corrected chi connectivity index (χ1v) is 8.15. The Labute approximate surface area is 141 Å². The summed E-state index contributed by atoms with van der Waals surface area (Å²) < 4.78 is 5.83. The molecule has 0 aliphatic carbocycles. The highest BCUT2D eigenvalue weighted by Crippen LogP contribution is 2.30. The van der Waals surface area contributed by atoms with Crippen LogP contribution in [0.1, 0.15) is 39.2 Å². The van der Waals surface area contributed by atoms with Gasteiger partial charge >= 0.3 is 0 Å². The van der Waals surface area contributed by atoms with Gasteiger partial charge in [-0.3, -0.25) is 0 Å². The van der Waals surface area contributed by atoms with Crippen molar-refractivity contribution in [1.29, 1.82) is 0 Å². The number of hydrogen-bond acceptors (Lipinski definition) is 2. The fraction of sp³-hybridized carbons (Fsp3) is 0.278. The molecule has 3 rings (SSSR count). The van der Waals surface area contributed by atoms with Crippen LogP contribution < -0.4 is 0 Å². The second-order valence-electron chi connectivity index (χ2n) is 5.06. The van der Waals surface area contributed by atoms with E-state index in [1.165, 1.54) is 5.56 Å². The van der Waals surface area contributed by atoms with Gasteiger partial charge in [0.1, 0.15) is 5.52 Å². The van der Waals surface area contributed by atoms with E-state index in [1.807, 2.05) is 26.0 Å². The van der Waals surface area contributed by atoms with E-state index in [4.69, 9.17) is 27.6 Å². The van der Waals surface area contributed by atoms with Crippen LogP contribution in [0.3, 0.4) is 0 Å². The number of fused-ring (bicyclic) bond motifs is 1. The van der Waals surface area contributed by atoms with Gasteiger partial charge in [-0.1, -0.05) is 57.0 Å². The average molecular weight is 336 g/mol. The second-order valence-corrected chi connectivity index (χ2v) is 5.93. The van der Waals surface area contributed by atoms with Crippen molar-refractivity contribution in [2.24, 2.45) is 0 Å². The van der Waals surface area contributed by atoms with Crippen molar-refractivity contribution >= 4 is 34.3 Å². The Balaban J connectivity index is 0.000000847. The first kappa shape index (κ1) is 16.9. The monoisotopic (exact) mass is 335 g/mol. The summed E-state index contributed by atoms with van der Waals surface area (Å²) in [5, 5.41) is 1.13. The summed E-state index contributed by atoms with van der Waals surface area (Å²) in [5.74, 6) is 0.985. The van der Waals surface area contributed by atoms with Crippen LogP contribution in [-0.4, -0.2) is 4.98 Å². The fourth-order valence-electron chi connectivity index (χ4n) is 2.10. The molecule has 0 bridgehead atoms. The standard InChI is InChI=1S/C16H13Cl2NO.C2H6/c1-9(2)10-3-4-14-15(7-10)20-16(19-14)11-5-12(17)8-13(18)6-11;1-2/h3-9H,1-2H3;1-2H3. The van der Waals surface area contributed by atoms with E-state index in [0.29, 0.717) is 21.9 Å². The van der Waals surface area contributed by atoms with E-state index < -0.39 is 0 Å². The Morgan fingerprint density at radius 3 is 2.18 bits per heavy atom. The largest absolute Gasteiger partial charge is 0.436 e. The van der Waals surface area contributed by atoms with Crippen molar-refractivity contribution < 1.29 is 4.42 Å². The topological polar surface area (TPSA) is 26.0 Å². The summed E-state index contributed by atoms with van der Waals surface area (Å²) in [5.41, 5.74) is 3.62. The molecule has 0 spiro atoms. The molecule has 1 heterocycles. The van der Waals surface area contributed by atoms with E-state index in [1.54, 1.807) is 18.2 Å². The minimum Gasteiger partial charge on any atom is -0.436 e. The molecule has 0 amide bonds. The molecule has 22 heavy (non-hydrogen) atoms. The van der Waals surface area contributed by atoms with Crippen molar-refractivity contribution in [1.82, 2.24) is 4.98 Å². The SMILES string of the molecule is CC.CC(C)c1ccc2nc(-c3cc(Cl)cc(Cl)c3)oc2c1. The zero-order valence-electron chi connectivity index (χ0n) is 13.2. The number of nitrogens with zero attached hydrogens (tertiary/aromatic N) is 1. The maximum Gasteiger partial charge on any atom is 0.227 e. The predicted octanol–water partition coefficient (Wildman–Crippen LogP) is 6.95. The number of benzene rings is 2. The van der Waals surface area contributed by atoms with E-state index >= 15 is 0 Å². The maximum atomic E-state index is 6.01. The van der Waals surface area contributed by atoms with Gasteiger partial charge in [-0.15, -0.1) is 0 Å². The lowest BCUT2D eigenvalue weighted by Gasteiger charge is -2.02. The van der Waals surface area contributed by atoms with Crippen molar-refractivity contribution in [2.45, 2.75) is 33.6 Å². The van der Waals surface area contributed by atoms with Crippen LogP contribution in [-0.2, 0) is 0 Å². The highest BCUT2D eigenvalue weighted by Gasteiger charge is 2.11. The lowest BCUT2D eigenvalue weighted by atomic mass is 10.0. The highest BCUT2D eigenvalue weighted by atomic mass is 35.5. The molecule has 0 saturated carbocycles. The minimum absolute atomic E-state index is 0.452. The lowest BCUT2D eigenvalue weighted by Crippen LogP contribution is -1.85. The second kappa shape index (κ2) is 7.17. The molecule has 0 unspecified atom stereocenters. The smallest absolute Gasteiger partial charge is 0.227 e. The van der Waals surface area contributed by atoms with Crippen molar-refractivity contribution in [3.63, 3.8) is 0 Å². The Morgan fingerprint density at radius 2 is 1.59 bits per heavy atom. The average Bonchev–Trinajstić information content (AvgIpc) is 2.91. The molecule has 0 aliphatic rings. The molecule has 116 valence electrons. The van der Waals surface area contributed by atoms with Crippen LogP contribution in [0.2, 0.25) is 10.0 Å². The molecule has 0 radical (unpaired) electrons. The van der Waals surface area contributed by atoms with Crippen molar-refractivity contribution in [3.05, 3.63) is 52.0 Å². The van der Waals surface area contributed by atoms with E-state index in [9.17, 15) is 0 Å². The van der Waals surface area contributed by atoms with Crippen molar-refractivity contribution in [2.75, 3.05) is 0 Å². The molecular weight excluding hydrogens is 317 g/mol. The van der Waals surface area contributed by atoms with Gasteiger partial charge in [-0.05, 0) is 41.8 Å². The molecule has 2 nitrogen and oxygen atoms in total. The van der Waals surface area contributed by atoms with Crippen LogP contribution in [0.4, 0.5) is 0 Å². The molecule has 4 heteroatoms. The van der Waals surface area contributed by atoms with E-state index in [-0.39, 0.29) is 0 Å². The fourth-order valence-corrected chi connectivity index (χ4v) is 2.63. The zero-order valence-corrected chi connectivity index (χ0v) is 14.7. The molecule has 0 fully saturated rings. The lowest BCUT2D eigenvalue weighted by molar-refractivity contribution is 0.619. The number of aromatic nitrogens is 1. The summed E-state index contributed by atoms with van der Waals surface area (Å²) in [7, 11) is 0. The Kier molecular flexibility index (Phi) is 5.49. The summed E-state index contributed by atoms with van der Waals surface area (Å²) in [6.07, 6.45) is 0. The summed E-state index contributed by atoms with van der Waals surface area (Å²) >= 11 is 12.0. The molecule has 0 aliphatic heterocycles. The Morgan fingerprint density at radius 1 is 0.955 bits per heavy atom.